The third kappa shape index (κ3) is 3.30. The van der Waals surface area contributed by atoms with Crippen LogP contribution in [0.5, 0.6) is 0 Å². The van der Waals surface area contributed by atoms with Gasteiger partial charge in [0, 0.05) is 49.2 Å². The fraction of sp³-hybridized carbons (Fsp3) is 0.593. The Hall–Kier alpha value is -1.91. The molecule has 0 amide bonds. The monoisotopic (exact) mass is 421 g/mol. The molecule has 0 spiro atoms. The van der Waals surface area contributed by atoms with Crippen LogP contribution in [0.3, 0.4) is 0 Å². The van der Waals surface area contributed by atoms with Gasteiger partial charge in [0.25, 0.3) is 0 Å². The van der Waals surface area contributed by atoms with Gasteiger partial charge in [0.2, 0.25) is 0 Å². The van der Waals surface area contributed by atoms with E-state index in [2.05, 4.69) is 99.6 Å². The lowest BCUT2D eigenvalue weighted by Crippen LogP contribution is -2.79. The fourth-order valence-corrected chi connectivity index (χ4v) is 6.67. The van der Waals surface area contributed by atoms with Crippen LogP contribution in [0.15, 0.2) is 48.7 Å². The number of hydrogen-bond acceptors (Lipinski definition) is 4. The second-order valence-corrected chi connectivity index (χ2v) is 11.6. The first kappa shape index (κ1) is 22.3. The smallest absolute Gasteiger partial charge is 0.128 e. The number of rotatable bonds is 3. The van der Waals surface area contributed by atoms with Crippen molar-refractivity contribution in [3.05, 3.63) is 59.8 Å². The zero-order chi connectivity index (χ0) is 22.7. The summed E-state index contributed by atoms with van der Waals surface area (Å²) in [5.41, 5.74) is 1.11. The van der Waals surface area contributed by atoms with Crippen molar-refractivity contribution in [2.45, 2.75) is 65.5 Å². The van der Waals surface area contributed by atoms with E-state index in [4.69, 9.17) is 0 Å². The minimum Gasteiger partial charge on any atom is -0.384 e. The van der Waals surface area contributed by atoms with E-state index in [1.165, 1.54) is 5.56 Å². The second kappa shape index (κ2) is 7.31. The highest BCUT2D eigenvalue weighted by Gasteiger charge is 2.73. The van der Waals surface area contributed by atoms with Gasteiger partial charge in [0.1, 0.15) is 11.4 Å². The van der Waals surface area contributed by atoms with Gasteiger partial charge in [-0.05, 0) is 28.7 Å². The Bertz CT molecular complexity index is 888. The molecule has 2 aliphatic rings. The van der Waals surface area contributed by atoms with E-state index in [-0.39, 0.29) is 16.2 Å². The molecule has 1 aromatic carbocycles. The average Bonchev–Trinajstić information content (AvgIpc) is 2.73. The van der Waals surface area contributed by atoms with Gasteiger partial charge in [-0.2, -0.15) is 0 Å². The molecule has 1 aromatic heterocycles. The van der Waals surface area contributed by atoms with E-state index >= 15 is 0 Å². The Balaban J connectivity index is 1.54. The van der Waals surface area contributed by atoms with Crippen molar-refractivity contribution >= 4 is 5.82 Å². The summed E-state index contributed by atoms with van der Waals surface area (Å²) in [4.78, 5) is 9.48. The van der Waals surface area contributed by atoms with Crippen LogP contribution in [0, 0.1) is 10.8 Å². The number of nitrogens with zero attached hydrogens (tertiary/aromatic N) is 3. The Morgan fingerprint density at radius 3 is 1.94 bits per heavy atom. The minimum atomic E-state index is -0.862. The number of aromatic nitrogens is 1. The number of benzene rings is 1. The molecule has 31 heavy (non-hydrogen) atoms. The molecule has 1 saturated carbocycles. The zero-order valence-electron chi connectivity index (χ0n) is 20.3. The highest BCUT2D eigenvalue weighted by atomic mass is 16.3. The van der Waals surface area contributed by atoms with Crippen molar-refractivity contribution in [1.29, 1.82) is 0 Å². The average molecular weight is 422 g/mol. The van der Waals surface area contributed by atoms with Crippen molar-refractivity contribution in [3.8, 4) is 0 Å². The molecule has 0 radical (unpaired) electrons. The molecule has 4 rings (SSSR count). The lowest BCUT2D eigenvalue weighted by Gasteiger charge is -2.72. The largest absolute Gasteiger partial charge is 0.384 e. The molecule has 0 bridgehead atoms. The summed E-state index contributed by atoms with van der Waals surface area (Å²) in [5, 5.41) is 12.1. The number of hydrogen-bond donors (Lipinski definition) is 1. The van der Waals surface area contributed by atoms with E-state index in [9.17, 15) is 5.11 Å². The molecule has 1 aliphatic carbocycles. The first-order chi connectivity index (χ1) is 14.4. The molecular formula is C27H39N3O. The van der Waals surface area contributed by atoms with Gasteiger partial charge < -0.3 is 10.0 Å². The first-order valence-corrected chi connectivity index (χ1v) is 11.6. The van der Waals surface area contributed by atoms with Gasteiger partial charge >= 0.3 is 0 Å². The van der Waals surface area contributed by atoms with Crippen LogP contribution in [0.1, 0.15) is 59.6 Å². The number of aliphatic hydroxyl groups is 1. The number of piperazine rings is 1. The maximum atomic E-state index is 12.1. The molecule has 2 aromatic rings. The van der Waals surface area contributed by atoms with Crippen LogP contribution in [-0.2, 0) is 11.0 Å². The van der Waals surface area contributed by atoms with Crippen LogP contribution in [0.2, 0.25) is 0 Å². The standard InChI is InChI=1S/C27H39N3O/c1-24(2,3)20-11-13-21(14-12-20)27(31)25(4,5)23(26(27,6)7)30-18-16-29(17-19-30)22-10-8-9-15-28-22/h8-15,23,31H,16-19H2,1-7H3. The van der Waals surface area contributed by atoms with Gasteiger partial charge in [-0.3, -0.25) is 4.90 Å². The van der Waals surface area contributed by atoms with Crippen molar-refractivity contribution in [1.82, 2.24) is 9.88 Å². The quantitative estimate of drug-likeness (QED) is 0.771. The van der Waals surface area contributed by atoms with E-state index < -0.39 is 5.60 Å². The zero-order valence-corrected chi connectivity index (χ0v) is 20.3. The summed E-state index contributed by atoms with van der Waals surface area (Å²) in [6.45, 7) is 19.6. The van der Waals surface area contributed by atoms with E-state index in [0.717, 1.165) is 37.6 Å². The molecule has 1 saturated heterocycles. The summed E-state index contributed by atoms with van der Waals surface area (Å²) in [6, 6.07) is 15.1. The number of pyridine rings is 1. The van der Waals surface area contributed by atoms with Crippen molar-refractivity contribution in [2.24, 2.45) is 10.8 Å². The predicted molar refractivity (Wildman–Crippen MR) is 128 cm³/mol. The minimum absolute atomic E-state index is 0.113. The summed E-state index contributed by atoms with van der Waals surface area (Å²) in [5.74, 6) is 1.06. The Morgan fingerprint density at radius 2 is 1.45 bits per heavy atom. The molecule has 1 aliphatic heterocycles. The van der Waals surface area contributed by atoms with E-state index in [1.807, 2.05) is 12.3 Å². The van der Waals surface area contributed by atoms with Crippen molar-refractivity contribution in [3.63, 3.8) is 0 Å². The lowest BCUT2D eigenvalue weighted by molar-refractivity contribution is -0.307. The van der Waals surface area contributed by atoms with Crippen LogP contribution in [-0.4, -0.2) is 47.2 Å². The first-order valence-electron chi connectivity index (χ1n) is 11.6. The van der Waals surface area contributed by atoms with E-state index in [1.54, 1.807) is 0 Å². The van der Waals surface area contributed by atoms with Gasteiger partial charge in [0.15, 0.2) is 0 Å². The SMILES string of the molecule is CC(C)(C)c1ccc(C2(O)C(C)(C)C(N3CCN(c4ccccn4)CC3)C2(C)C)cc1. The molecule has 168 valence electrons. The number of anilines is 1. The normalized spacial score (nSPS) is 28.3. The van der Waals surface area contributed by atoms with Crippen molar-refractivity contribution in [2.75, 3.05) is 31.1 Å². The van der Waals surface area contributed by atoms with Crippen LogP contribution in [0.4, 0.5) is 5.82 Å². The Labute approximate surface area is 188 Å². The molecular weight excluding hydrogens is 382 g/mol. The highest BCUT2D eigenvalue weighted by Crippen LogP contribution is 2.68. The van der Waals surface area contributed by atoms with Gasteiger partial charge in [-0.15, -0.1) is 0 Å². The third-order valence-electron chi connectivity index (χ3n) is 8.05. The van der Waals surface area contributed by atoms with Gasteiger partial charge in [-0.25, -0.2) is 4.98 Å². The Kier molecular flexibility index (Phi) is 5.26. The van der Waals surface area contributed by atoms with Crippen LogP contribution >= 0.6 is 0 Å². The van der Waals surface area contributed by atoms with Gasteiger partial charge in [0.05, 0.1) is 0 Å². The third-order valence-corrected chi connectivity index (χ3v) is 8.05. The van der Waals surface area contributed by atoms with Crippen LogP contribution < -0.4 is 4.90 Å². The molecule has 4 heteroatoms. The summed E-state index contributed by atoms with van der Waals surface area (Å²) in [7, 11) is 0. The maximum Gasteiger partial charge on any atom is 0.128 e. The fourth-order valence-electron chi connectivity index (χ4n) is 6.67. The molecule has 2 heterocycles. The molecule has 0 atom stereocenters. The van der Waals surface area contributed by atoms with Crippen LogP contribution in [0.25, 0.3) is 0 Å². The summed E-state index contributed by atoms with van der Waals surface area (Å²) in [6.07, 6.45) is 1.87. The lowest BCUT2D eigenvalue weighted by atomic mass is 9.39. The highest BCUT2D eigenvalue weighted by molar-refractivity contribution is 5.41. The van der Waals surface area contributed by atoms with Gasteiger partial charge in [-0.1, -0.05) is 78.8 Å². The topological polar surface area (TPSA) is 39.6 Å². The molecule has 4 nitrogen and oxygen atoms in total. The Morgan fingerprint density at radius 1 is 0.871 bits per heavy atom. The van der Waals surface area contributed by atoms with Crippen molar-refractivity contribution < 1.29 is 5.11 Å². The molecule has 1 N–H and O–H groups in total. The summed E-state index contributed by atoms with van der Waals surface area (Å²) < 4.78 is 0. The predicted octanol–water partition coefficient (Wildman–Crippen LogP) is 4.82. The second-order valence-electron chi connectivity index (χ2n) is 11.6. The van der Waals surface area contributed by atoms with E-state index in [0.29, 0.717) is 6.04 Å². The molecule has 2 fully saturated rings. The summed E-state index contributed by atoms with van der Waals surface area (Å²) >= 11 is 0. The molecule has 0 unspecified atom stereocenters. The maximum absolute atomic E-state index is 12.1.